The quantitative estimate of drug-likeness (QED) is 0.835. The highest BCUT2D eigenvalue weighted by Gasteiger charge is 2.14. The third-order valence-electron chi connectivity index (χ3n) is 2.36. The van der Waals surface area contributed by atoms with Gasteiger partial charge in [-0.1, -0.05) is 23.7 Å². The van der Waals surface area contributed by atoms with Crippen molar-refractivity contribution in [1.82, 2.24) is 20.2 Å². The van der Waals surface area contributed by atoms with Crippen LogP contribution >= 0.6 is 11.6 Å². The number of hydrogen-bond acceptors (Lipinski definition) is 5. The van der Waals surface area contributed by atoms with E-state index in [4.69, 9.17) is 16.7 Å². The Balaban J connectivity index is 2.04. The SMILES string of the molecule is O=C(O)Cc1nnnn1CC(=O)Nc1ccccc1Cl. The molecule has 1 heterocycles. The molecule has 0 unspecified atom stereocenters. The van der Waals surface area contributed by atoms with Crippen LogP contribution in [0, 0.1) is 0 Å². The fraction of sp³-hybridized carbons (Fsp3) is 0.182. The molecule has 0 atom stereocenters. The van der Waals surface area contributed by atoms with E-state index in [1.165, 1.54) is 0 Å². The first-order chi connectivity index (χ1) is 9.56. The lowest BCUT2D eigenvalue weighted by Crippen LogP contribution is -2.22. The molecule has 0 aliphatic carbocycles. The zero-order chi connectivity index (χ0) is 14.5. The first kappa shape index (κ1) is 13.9. The first-order valence-corrected chi connectivity index (χ1v) is 5.95. The molecular formula is C11H10ClN5O3. The second-order valence-electron chi connectivity index (χ2n) is 3.85. The van der Waals surface area contributed by atoms with E-state index >= 15 is 0 Å². The number of anilines is 1. The van der Waals surface area contributed by atoms with E-state index in [1.807, 2.05) is 0 Å². The number of carbonyl (C=O) groups excluding carboxylic acids is 1. The molecule has 104 valence electrons. The molecule has 0 spiro atoms. The Hall–Kier alpha value is -2.48. The first-order valence-electron chi connectivity index (χ1n) is 5.57. The Morgan fingerprint density at radius 3 is 2.80 bits per heavy atom. The van der Waals surface area contributed by atoms with Crippen molar-refractivity contribution in [3.05, 3.63) is 35.1 Å². The van der Waals surface area contributed by atoms with Crippen LogP contribution in [0.4, 0.5) is 5.69 Å². The average Bonchev–Trinajstić information content (AvgIpc) is 2.78. The number of rotatable bonds is 5. The molecule has 2 rings (SSSR count). The fourth-order valence-corrected chi connectivity index (χ4v) is 1.68. The molecule has 2 N–H and O–H groups in total. The number of benzene rings is 1. The minimum atomic E-state index is -1.08. The van der Waals surface area contributed by atoms with Gasteiger partial charge in [-0.25, -0.2) is 4.68 Å². The molecule has 2 aromatic rings. The molecule has 0 radical (unpaired) electrons. The summed E-state index contributed by atoms with van der Waals surface area (Å²) in [5.41, 5.74) is 0.465. The minimum absolute atomic E-state index is 0.104. The highest BCUT2D eigenvalue weighted by Crippen LogP contribution is 2.20. The summed E-state index contributed by atoms with van der Waals surface area (Å²) in [6.45, 7) is -0.194. The normalized spacial score (nSPS) is 10.2. The number of tetrazole rings is 1. The van der Waals surface area contributed by atoms with E-state index in [1.54, 1.807) is 24.3 Å². The van der Waals surface area contributed by atoms with Gasteiger partial charge in [0.15, 0.2) is 5.82 Å². The molecular weight excluding hydrogens is 286 g/mol. The molecule has 1 aromatic heterocycles. The number of amides is 1. The van der Waals surface area contributed by atoms with Crippen LogP contribution < -0.4 is 5.32 Å². The second-order valence-corrected chi connectivity index (χ2v) is 4.26. The Bertz CT molecular complexity index is 642. The molecule has 1 aromatic carbocycles. The van der Waals surface area contributed by atoms with E-state index in [9.17, 15) is 9.59 Å². The van der Waals surface area contributed by atoms with Crippen LogP contribution in [-0.2, 0) is 22.6 Å². The maximum atomic E-state index is 11.8. The van der Waals surface area contributed by atoms with Gasteiger partial charge in [-0.2, -0.15) is 0 Å². The molecule has 0 saturated carbocycles. The number of carboxylic acids is 1. The van der Waals surface area contributed by atoms with Crippen molar-refractivity contribution >= 4 is 29.2 Å². The van der Waals surface area contributed by atoms with Gasteiger partial charge >= 0.3 is 5.97 Å². The molecule has 20 heavy (non-hydrogen) atoms. The van der Waals surface area contributed by atoms with Crippen molar-refractivity contribution in [2.24, 2.45) is 0 Å². The number of carboxylic acid groups (broad SMARTS) is 1. The van der Waals surface area contributed by atoms with Gasteiger partial charge in [0, 0.05) is 0 Å². The molecule has 0 bridgehead atoms. The number of para-hydroxylation sites is 1. The summed E-state index contributed by atoms with van der Waals surface area (Å²) in [7, 11) is 0. The Kier molecular flexibility index (Phi) is 4.26. The van der Waals surface area contributed by atoms with Gasteiger partial charge in [0.25, 0.3) is 0 Å². The van der Waals surface area contributed by atoms with Gasteiger partial charge in [0.1, 0.15) is 13.0 Å². The van der Waals surface area contributed by atoms with Crippen LogP contribution in [0.2, 0.25) is 5.02 Å². The van der Waals surface area contributed by atoms with Gasteiger partial charge in [0.05, 0.1) is 10.7 Å². The van der Waals surface area contributed by atoms with E-state index in [-0.39, 0.29) is 18.8 Å². The summed E-state index contributed by atoms with van der Waals surface area (Å²) in [6, 6.07) is 6.76. The van der Waals surface area contributed by atoms with Crippen molar-refractivity contribution in [2.75, 3.05) is 5.32 Å². The standard InChI is InChI=1S/C11H10ClN5O3/c12-7-3-1-2-4-8(7)13-10(18)6-17-9(5-11(19)20)14-15-16-17/h1-4H,5-6H2,(H,13,18)(H,19,20). The summed E-state index contributed by atoms with van der Waals surface area (Å²) >= 11 is 5.91. The molecule has 0 fully saturated rings. The van der Waals surface area contributed by atoms with Crippen LogP contribution in [0.15, 0.2) is 24.3 Å². The van der Waals surface area contributed by atoms with Crippen molar-refractivity contribution in [3.63, 3.8) is 0 Å². The van der Waals surface area contributed by atoms with E-state index in [2.05, 4.69) is 20.8 Å². The van der Waals surface area contributed by atoms with Gasteiger partial charge in [-0.3, -0.25) is 9.59 Å². The van der Waals surface area contributed by atoms with Crippen LogP contribution in [0.5, 0.6) is 0 Å². The predicted molar refractivity (Wildman–Crippen MR) is 69.2 cm³/mol. The number of aliphatic carboxylic acids is 1. The lowest BCUT2D eigenvalue weighted by atomic mass is 10.3. The predicted octanol–water partition coefficient (Wildman–Crippen LogP) is 0.592. The van der Waals surface area contributed by atoms with Gasteiger partial charge in [0.2, 0.25) is 5.91 Å². The van der Waals surface area contributed by atoms with Gasteiger partial charge in [-0.05, 0) is 22.6 Å². The number of halogens is 1. The summed E-state index contributed by atoms with van der Waals surface area (Å²) < 4.78 is 1.13. The maximum Gasteiger partial charge on any atom is 0.311 e. The summed E-state index contributed by atoms with van der Waals surface area (Å²) in [4.78, 5) is 22.4. The largest absolute Gasteiger partial charge is 0.481 e. The van der Waals surface area contributed by atoms with E-state index in [0.29, 0.717) is 10.7 Å². The molecule has 1 amide bonds. The molecule has 8 nitrogen and oxygen atoms in total. The zero-order valence-electron chi connectivity index (χ0n) is 10.2. The highest BCUT2D eigenvalue weighted by atomic mass is 35.5. The fourth-order valence-electron chi connectivity index (χ4n) is 1.50. The van der Waals surface area contributed by atoms with Crippen LogP contribution in [0.25, 0.3) is 0 Å². The summed E-state index contributed by atoms with van der Waals surface area (Å²) in [5, 5.41) is 22.2. The van der Waals surface area contributed by atoms with Crippen molar-refractivity contribution in [2.45, 2.75) is 13.0 Å². The van der Waals surface area contributed by atoms with Crippen molar-refractivity contribution in [3.8, 4) is 0 Å². The molecule has 9 heteroatoms. The van der Waals surface area contributed by atoms with Gasteiger partial charge in [-0.15, -0.1) is 5.10 Å². The second kappa shape index (κ2) is 6.11. The zero-order valence-corrected chi connectivity index (χ0v) is 10.9. The topological polar surface area (TPSA) is 110 Å². The van der Waals surface area contributed by atoms with E-state index < -0.39 is 11.9 Å². The van der Waals surface area contributed by atoms with Gasteiger partial charge < -0.3 is 10.4 Å². The monoisotopic (exact) mass is 295 g/mol. The molecule has 0 aliphatic heterocycles. The van der Waals surface area contributed by atoms with Crippen molar-refractivity contribution < 1.29 is 14.7 Å². The smallest absolute Gasteiger partial charge is 0.311 e. The lowest BCUT2D eigenvalue weighted by Gasteiger charge is -2.07. The van der Waals surface area contributed by atoms with Crippen LogP contribution in [-0.4, -0.2) is 37.2 Å². The average molecular weight is 296 g/mol. The number of nitrogens with one attached hydrogen (secondary N) is 1. The van der Waals surface area contributed by atoms with E-state index in [0.717, 1.165) is 4.68 Å². The molecule has 0 aliphatic rings. The lowest BCUT2D eigenvalue weighted by molar-refractivity contribution is -0.136. The Labute approximate surface area is 118 Å². The van der Waals surface area contributed by atoms with Crippen molar-refractivity contribution in [1.29, 1.82) is 0 Å². The van der Waals surface area contributed by atoms with Crippen LogP contribution in [0.3, 0.4) is 0 Å². The summed E-state index contributed by atoms with van der Waals surface area (Å²) in [5.74, 6) is -1.38. The molecule has 0 saturated heterocycles. The number of carbonyl (C=O) groups is 2. The highest BCUT2D eigenvalue weighted by molar-refractivity contribution is 6.33. The number of hydrogen-bond donors (Lipinski definition) is 2. The third-order valence-corrected chi connectivity index (χ3v) is 2.69. The Morgan fingerprint density at radius 2 is 2.10 bits per heavy atom. The number of nitrogens with zero attached hydrogens (tertiary/aromatic N) is 4. The summed E-state index contributed by atoms with van der Waals surface area (Å²) in [6.07, 6.45) is -0.355. The Morgan fingerprint density at radius 1 is 1.35 bits per heavy atom. The minimum Gasteiger partial charge on any atom is -0.481 e. The van der Waals surface area contributed by atoms with Crippen LogP contribution in [0.1, 0.15) is 5.82 Å². The maximum absolute atomic E-state index is 11.8. The third kappa shape index (κ3) is 3.51. The number of aromatic nitrogens is 4.